The fourth-order valence-electron chi connectivity index (χ4n) is 3.10. The van der Waals surface area contributed by atoms with E-state index >= 15 is 0 Å². The van der Waals surface area contributed by atoms with Gasteiger partial charge in [0.05, 0.1) is 12.2 Å². The number of rotatable bonds is 3. The molecule has 0 saturated carbocycles. The van der Waals surface area contributed by atoms with Crippen LogP contribution in [0.25, 0.3) is 0 Å². The highest BCUT2D eigenvalue weighted by atomic mass is 79.9. The van der Waals surface area contributed by atoms with Crippen molar-refractivity contribution in [2.45, 2.75) is 12.6 Å². The Kier molecular flexibility index (Phi) is 5.13. The van der Waals surface area contributed by atoms with E-state index in [1.807, 2.05) is 23.1 Å². The number of amides is 1. The molecule has 0 bridgehead atoms. The number of fused-ring (bicyclic) bond motifs is 1. The molecule has 1 atom stereocenters. The van der Waals surface area contributed by atoms with Gasteiger partial charge in [0.1, 0.15) is 0 Å². The topological polar surface area (TPSA) is 55.6 Å². The Balaban J connectivity index is 1.94. The number of alkyl halides is 3. The second kappa shape index (κ2) is 7.19. The summed E-state index contributed by atoms with van der Waals surface area (Å²) in [6.07, 6.45) is -4.55. The van der Waals surface area contributed by atoms with Crippen LogP contribution < -0.4 is 10.6 Å². The second-order valence-electron chi connectivity index (χ2n) is 6.09. The monoisotopic (exact) mass is 428 g/mol. The minimum absolute atomic E-state index is 0.0315. The number of carbonyl (C=O) groups excluding carboxylic acids is 1. The zero-order chi connectivity index (χ0) is 18.9. The minimum Gasteiger partial charge on any atom is -0.449 e. The average Bonchev–Trinajstić information content (AvgIpc) is 2.59. The van der Waals surface area contributed by atoms with Crippen LogP contribution in [-0.2, 0) is 17.3 Å². The molecule has 2 aromatic rings. The smallest absolute Gasteiger partial charge is 0.416 e. The van der Waals surface area contributed by atoms with Crippen molar-refractivity contribution < 1.29 is 22.7 Å². The van der Waals surface area contributed by atoms with E-state index in [4.69, 9.17) is 10.5 Å². The highest BCUT2D eigenvalue weighted by Gasteiger charge is 2.31. The molecule has 1 aliphatic rings. The number of hydrogen-bond acceptors (Lipinski definition) is 3. The van der Waals surface area contributed by atoms with Crippen molar-refractivity contribution >= 4 is 33.4 Å². The number of ether oxygens (including phenoxy) is 1. The molecular formula is C18H16BrF3N2O2. The Morgan fingerprint density at radius 2 is 1.92 bits per heavy atom. The van der Waals surface area contributed by atoms with Crippen molar-refractivity contribution in [3.8, 4) is 0 Å². The Labute approximate surface area is 156 Å². The second-order valence-corrected chi connectivity index (χ2v) is 6.95. The number of nitrogens with zero attached hydrogens (tertiary/aromatic N) is 1. The molecule has 0 radical (unpaired) electrons. The minimum atomic E-state index is -4.38. The number of nitrogens with two attached hydrogens (primary N) is 1. The van der Waals surface area contributed by atoms with Crippen LogP contribution in [0.3, 0.4) is 0 Å². The molecular weight excluding hydrogens is 413 g/mol. The van der Waals surface area contributed by atoms with Gasteiger partial charge < -0.3 is 15.4 Å². The van der Waals surface area contributed by atoms with E-state index in [0.717, 1.165) is 27.9 Å². The van der Waals surface area contributed by atoms with Crippen molar-refractivity contribution in [3.63, 3.8) is 0 Å². The molecule has 138 valence electrons. The predicted molar refractivity (Wildman–Crippen MR) is 95.3 cm³/mol. The Morgan fingerprint density at radius 1 is 1.23 bits per heavy atom. The summed E-state index contributed by atoms with van der Waals surface area (Å²) in [5, 5.41) is 0. The van der Waals surface area contributed by atoms with Gasteiger partial charge in [-0.2, -0.15) is 13.2 Å². The van der Waals surface area contributed by atoms with Crippen LogP contribution in [0.1, 0.15) is 11.1 Å². The van der Waals surface area contributed by atoms with Crippen LogP contribution >= 0.6 is 15.9 Å². The maximum atomic E-state index is 12.8. The number of halogens is 4. The first-order chi connectivity index (χ1) is 12.3. The Morgan fingerprint density at radius 3 is 2.54 bits per heavy atom. The highest BCUT2D eigenvalue weighted by Crippen LogP contribution is 2.40. The quantitative estimate of drug-likeness (QED) is 0.758. The number of benzene rings is 2. The normalized spacial score (nSPS) is 16.9. The van der Waals surface area contributed by atoms with Crippen molar-refractivity contribution in [1.29, 1.82) is 0 Å². The van der Waals surface area contributed by atoms with Gasteiger partial charge in [-0.15, -0.1) is 0 Å². The molecule has 0 saturated heterocycles. The van der Waals surface area contributed by atoms with Gasteiger partial charge in [0.2, 0.25) is 0 Å². The van der Waals surface area contributed by atoms with Crippen molar-refractivity contribution in [1.82, 2.24) is 0 Å². The van der Waals surface area contributed by atoms with Crippen LogP contribution in [0, 0.1) is 5.92 Å². The summed E-state index contributed by atoms with van der Waals surface area (Å²) in [5.74, 6) is -0.0315. The molecule has 0 aliphatic carbocycles. The van der Waals surface area contributed by atoms with E-state index in [2.05, 4.69) is 15.9 Å². The lowest BCUT2D eigenvalue weighted by Crippen LogP contribution is -2.35. The van der Waals surface area contributed by atoms with Gasteiger partial charge in [0.15, 0.2) is 0 Å². The summed E-state index contributed by atoms with van der Waals surface area (Å²) < 4.78 is 44.3. The van der Waals surface area contributed by atoms with E-state index in [0.29, 0.717) is 18.7 Å². The lowest BCUT2D eigenvalue weighted by Gasteiger charge is -2.36. The molecule has 2 aromatic carbocycles. The first-order valence-corrected chi connectivity index (χ1v) is 8.69. The standard InChI is InChI=1S/C18H16BrF3N2O2/c19-15-2-1-3-16-14(15)8-11(10-26-17(23)25)9-24(16)13-6-4-12(5-7-13)18(20,21)22/h1-7,11H,8-10H2,(H2,23,25). The third-order valence-electron chi connectivity index (χ3n) is 4.29. The summed E-state index contributed by atoms with van der Waals surface area (Å²) in [6, 6.07) is 10.7. The fourth-order valence-corrected chi connectivity index (χ4v) is 3.62. The van der Waals surface area contributed by atoms with Gasteiger partial charge >= 0.3 is 12.3 Å². The van der Waals surface area contributed by atoms with E-state index in [1.54, 1.807) is 0 Å². The van der Waals surface area contributed by atoms with E-state index < -0.39 is 17.8 Å². The van der Waals surface area contributed by atoms with Crippen LogP contribution in [0.15, 0.2) is 46.9 Å². The summed E-state index contributed by atoms with van der Waals surface area (Å²) in [5.41, 5.74) is 6.92. The molecule has 8 heteroatoms. The highest BCUT2D eigenvalue weighted by molar-refractivity contribution is 9.10. The Bertz CT molecular complexity index is 809. The van der Waals surface area contributed by atoms with Crippen LogP contribution in [0.2, 0.25) is 0 Å². The third kappa shape index (κ3) is 3.95. The number of primary amides is 1. The van der Waals surface area contributed by atoms with Crippen LogP contribution in [-0.4, -0.2) is 19.2 Å². The molecule has 0 fully saturated rings. The Hall–Kier alpha value is -2.22. The molecule has 1 amide bonds. The van der Waals surface area contributed by atoms with Gasteiger partial charge in [0, 0.05) is 28.3 Å². The molecule has 3 rings (SSSR count). The fraction of sp³-hybridized carbons (Fsp3) is 0.278. The van der Waals surface area contributed by atoms with Crippen molar-refractivity contribution in [2.24, 2.45) is 11.7 Å². The van der Waals surface area contributed by atoms with E-state index in [9.17, 15) is 18.0 Å². The first kappa shape index (κ1) is 18.6. The van der Waals surface area contributed by atoms with Gasteiger partial charge in [0.25, 0.3) is 0 Å². The summed E-state index contributed by atoms with van der Waals surface area (Å²) in [6.45, 7) is 0.648. The summed E-state index contributed by atoms with van der Waals surface area (Å²) >= 11 is 3.52. The predicted octanol–water partition coefficient (Wildman–Crippen LogP) is 4.87. The van der Waals surface area contributed by atoms with Crippen molar-refractivity contribution in [3.05, 3.63) is 58.1 Å². The SMILES string of the molecule is NC(=O)OCC1Cc2c(Br)cccc2N(c2ccc(C(F)(F)F)cc2)C1. The molecule has 1 aliphatic heterocycles. The largest absolute Gasteiger partial charge is 0.449 e. The van der Waals surface area contributed by atoms with Crippen LogP contribution in [0.5, 0.6) is 0 Å². The molecule has 2 N–H and O–H groups in total. The average molecular weight is 429 g/mol. The number of anilines is 2. The van der Waals surface area contributed by atoms with Gasteiger partial charge in [-0.05, 0) is 48.4 Å². The van der Waals surface area contributed by atoms with Gasteiger partial charge in [-0.1, -0.05) is 22.0 Å². The lowest BCUT2D eigenvalue weighted by molar-refractivity contribution is -0.137. The first-order valence-electron chi connectivity index (χ1n) is 7.90. The third-order valence-corrected chi connectivity index (χ3v) is 5.03. The maximum absolute atomic E-state index is 12.8. The molecule has 0 aromatic heterocycles. The molecule has 26 heavy (non-hydrogen) atoms. The summed E-state index contributed by atoms with van der Waals surface area (Å²) in [4.78, 5) is 12.8. The van der Waals surface area contributed by atoms with Crippen molar-refractivity contribution in [2.75, 3.05) is 18.1 Å². The molecule has 4 nitrogen and oxygen atoms in total. The number of hydrogen-bond donors (Lipinski definition) is 1. The molecule has 1 heterocycles. The van der Waals surface area contributed by atoms with E-state index in [1.165, 1.54) is 12.1 Å². The number of carbonyl (C=O) groups is 1. The van der Waals surface area contributed by atoms with Gasteiger partial charge in [-0.3, -0.25) is 0 Å². The zero-order valence-corrected chi connectivity index (χ0v) is 15.2. The van der Waals surface area contributed by atoms with Gasteiger partial charge in [-0.25, -0.2) is 4.79 Å². The summed E-state index contributed by atoms with van der Waals surface area (Å²) in [7, 11) is 0. The molecule has 0 spiro atoms. The lowest BCUT2D eigenvalue weighted by atomic mass is 9.92. The zero-order valence-electron chi connectivity index (χ0n) is 13.6. The van der Waals surface area contributed by atoms with Crippen LogP contribution in [0.4, 0.5) is 29.3 Å². The van der Waals surface area contributed by atoms with E-state index in [-0.39, 0.29) is 12.5 Å². The maximum Gasteiger partial charge on any atom is 0.416 e. The molecule has 1 unspecified atom stereocenters.